The molecular weight excluding hydrogens is 348 g/mol. The van der Waals surface area contributed by atoms with Gasteiger partial charge in [-0.1, -0.05) is 68.9 Å². The Morgan fingerprint density at radius 1 is 0.690 bits per heavy atom. The van der Waals surface area contributed by atoms with E-state index in [2.05, 4.69) is 86.1 Å². The highest BCUT2D eigenvalue weighted by atomic mass is 14.3. The Morgan fingerprint density at radius 3 is 1.79 bits per heavy atom. The Labute approximate surface area is 178 Å². The van der Waals surface area contributed by atoms with Crippen molar-refractivity contribution in [3.63, 3.8) is 0 Å². The van der Waals surface area contributed by atoms with E-state index in [0.29, 0.717) is 0 Å². The predicted molar refractivity (Wildman–Crippen MR) is 125 cm³/mol. The Hall–Kier alpha value is -2.44. The van der Waals surface area contributed by atoms with Gasteiger partial charge in [0.1, 0.15) is 0 Å². The van der Waals surface area contributed by atoms with Crippen LogP contribution < -0.4 is 0 Å². The molecule has 1 aliphatic rings. The molecule has 0 nitrogen and oxygen atoms in total. The van der Waals surface area contributed by atoms with Gasteiger partial charge in [-0.3, -0.25) is 0 Å². The molecule has 1 aliphatic carbocycles. The lowest BCUT2D eigenvalue weighted by atomic mass is 9.78. The topological polar surface area (TPSA) is 0 Å². The van der Waals surface area contributed by atoms with Crippen LogP contribution >= 0.6 is 0 Å². The number of unbranched alkanes of at least 4 members (excludes halogenated alkanes) is 3. The number of hydrogen-bond donors (Lipinski definition) is 0. The summed E-state index contributed by atoms with van der Waals surface area (Å²) in [5.41, 5.74) is 4.71. The van der Waals surface area contributed by atoms with Gasteiger partial charge in [-0.05, 0) is 85.9 Å². The third-order valence-corrected chi connectivity index (χ3v) is 6.18. The quantitative estimate of drug-likeness (QED) is 0.367. The number of rotatable bonds is 5. The lowest BCUT2D eigenvalue weighted by Crippen LogP contribution is -2.12. The minimum Gasteiger partial charge on any atom is -0.0979 e. The number of hydrogen-bond acceptors (Lipinski definition) is 0. The molecule has 0 heteroatoms. The summed E-state index contributed by atoms with van der Waals surface area (Å²) in [6, 6.07) is 17.2. The summed E-state index contributed by atoms with van der Waals surface area (Å²) in [6.07, 6.45) is 11.5. The van der Waals surface area contributed by atoms with Crippen molar-refractivity contribution < 1.29 is 0 Å². The molecule has 0 saturated heterocycles. The molecule has 0 heterocycles. The van der Waals surface area contributed by atoms with Crippen LogP contribution in [0, 0.1) is 29.6 Å². The fraction of sp³-hybridized carbons (Fsp3) is 0.448. The maximum atomic E-state index is 3.31. The first kappa shape index (κ1) is 21.3. The van der Waals surface area contributed by atoms with Gasteiger partial charge in [0.2, 0.25) is 0 Å². The molecule has 1 fully saturated rings. The van der Waals surface area contributed by atoms with Crippen molar-refractivity contribution in [2.75, 3.05) is 0 Å². The van der Waals surface area contributed by atoms with Crippen LogP contribution in [0.15, 0.2) is 48.5 Å². The molecule has 0 N–H and O–H groups in total. The van der Waals surface area contributed by atoms with Gasteiger partial charge in [-0.25, -0.2) is 0 Å². The van der Waals surface area contributed by atoms with E-state index in [1.165, 1.54) is 56.9 Å². The van der Waals surface area contributed by atoms with Crippen LogP contribution in [0.1, 0.15) is 99.8 Å². The molecule has 1 saturated carbocycles. The summed E-state index contributed by atoms with van der Waals surface area (Å²) in [7, 11) is 0. The van der Waals surface area contributed by atoms with Crippen molar-refractivity contribution in [1.29, 1.82) is 0 Å². The minimum absolute atomic E-state index is 0.746. The third kappa shape index (κ3) is 6.84. The van der Waals surface area contributed by atoms with E-state index in [4.69, 9.17) is 0 Å². The van der Waals surface area contributed by atoms with Gasteiger partial charge in [0, 0.05) is 23.1 Å². The fourth-order valence-electron chi connectivity index (χ4n) is 4.15. The Balaban J connectivity index is 1.54. The highest BCUT2D eigenvalue weighted by Gasteiger charge is 2.20. The second-order valence-corrected chi connectivity index (χ2v) is 8.33. The minimum atomic E-state index is 0.746. The zero-order valence-corrected chi connectivity index (χ0v) is 18.1. The summed E-state index contributed by atoms with van der Waals surface area (Å²) >= 11 is 0. The molecule has 0 atom stereocenters. The monoisotopic (exact) mass is 382 g/mol. The van der Waals surface area contributed by atoms with E-state index >= 15 is 0 Å². The lowest BCUT2D eigenvalue weighted by molar-refractivity contribution is 0.319. The SMILES string of the molecule is CCCCCC#Cc1ccc(C#Cc2ccc([C@H]3CC[C@H](CC)CC3)cc2)cc1. The summed E-state index contributed by atoms with van der Waals surface area (Å²) in [4.78, 5) is 0. The highest BCUT2D eigenvalue weighted by Crippen LogP contribution is 2.36. The van der Waals surface area contributed by atoms with Crippen LogP contribution in [0.5, 0.6) is 0 Å². The molecule has 0 aromatic heterocycles. The molecular formula is C29H34. The zero-order chi connectivity index (χ0) is 20.3. The van der Waals surface area contributed by atoms with Gasteiger partial charge >= 0.3 is 0 Å². The maximum absolute atomic E-state index is 3.31. The molecule has 2 aromatic rings. The largest absolute Gasteiger partial charge is 0.0979 e. The molecule has 0 amide bonds. The first-order valence-corrected chi connectivity index (χ1v) is 11.5. The molecule has 3 rings (SSSR count). The van der Waals surface area contributed by atoms with Crippen LogP contribution in [0.3, 0.4) is 0 Å². The van der Waals surface area contributed by atoms with E-state index in [-0.39, 0.29) is 0 Å². The average molecular weight is 383 g/mol. The van der Waals surface area contributed by atoms with Crippen LogP contribution in [-0.2, 0) is 0 Å². The Morgan fingerprint density at radius 2 is 1.24 bits per heavy atom. The van der Waals surface area contributed by atoms with Crippen molar-refractivity contribution >= 4 is 0 Å². The maximum Gasteiger partial charge on any atom is 0.0249 e. The van der Waals surface area contributed by atoms with Crippen LogP contribution in [0.25, 0.3) is 0 Å². The standard InChI is InChI=1S/C29H34/c1-3-5-6-7-8-9-25-10-12-26(13-11-25)14-15-27-18-22-29(23-19-27)28-20-16-24(4-2)17-21-28/h10-13,18-19,22-24,28H,3-7,16-17,20-21H2,1-2H3/t24-,28-. The second-order valence-electron chi connectivity index (χ2n) is 8.33. The summed E-state index contributed by atoms with van der Waals surface area (Å²) in [6.45, 7) is 4.55. The van der Waals surface area contributed by atoms with E-state index in [0.717, 1.165) is 34.9 Å². The van der Waals surface area contributed by atoms with Crippen LogP contribution in [-0.4, -0.2) is 0 Å². The van der Waals surface area contributed by atoms with Gasteiger partial charge in [0.25, 0.3) is 0 Å². The Kier molecular flexibility index (Phi) is 8.46. The van der Waals surface area contributed by atoms with Crippen LogP contribution in [0.4, 0.5) is 0 Å². The Bertz CT molecular complexity index is 854. The van der Waals surface area contributed by atoms with Crippen molar-refractivity contribution in [2.45, 2.75) is 77.6 Å². The van der Waals surface area contributed by atoms with Gasteiger partial charge < -0.3 is 0 Å². The highest BCUT2D eigenvalue weighted by molar-refractivity contribution is 5.46. The van der Waals surface area contributed by atoms with Gasteiger partial charge in [0.15, 0.2) is 0 Å². The normalized spacial score (nSPS) is 18.3. The first-order chi connectivity index (χ1) is 14.3. The van der Waals surface area contributed by atoms with Gasteiger partial charge in [-0.2, -0.15) is 0 Å². The average Bonchev–Trinajstić information content (AvgIpc) is 2.79. The van der Waals surface area contributed by atoms with Crippen LogP contribution in [0.2, 0.25) is 0 Å². The van der Waals surface area contributed by atoms with Gasteiger partial charge in [-0.15, -0.1) is 0 Å². The summed E-state index contributed by atoms with van der Waals surface area (Å²) < 4.78 is 0. The molecule has 0 unspecified atom stereocenters. The van der Waals surface area contributed by atoms with Crippen molar-refractivity contribution in [3.05, 3.63) is 70.8 Å². The second kappa shape index (κ2) is 11.5. The zero-order valence-electron chi connectivity index (χ0n) is 18.1. The molecule has 0 bridgehead atoms. The predicted octanol–water partition coefficient (Wildman–Crippen LogP) is 7.70. The van der Waals surface area contributed by atoms with Crippen molar-refractivity contribution in [2.24, 2.45) is 5.92 Å². The van der Waals surface area contributed by atoms with Crippen molar-refractivity contribution in [3.8, 4) is 23.7 Å². The van der Waals surface area contributed by atoms with E-state index in [1.54, 1.807) is 0 Å². The summed E-state index contributed by atoms with van der Waals surface area (Å²) in [5, 5.41) is 0. The molecule has 29 heavy (non-hydrogen) atoms. The lowest BCUT2D eigenvalue weighted by Gasteiger charge is -2.28. The number of benzene rings is 2. The molecule has 0 radical (unpaired) electrons. The molecule has 150 valence electrons. The van der Waals surface area contributed by atoms with E-state index in [1.807, 2.05) is 0 Å². The molecule has 0 aliphatic heterocycles. The fourth-order valence-corrected chi connectivity index (χ4v) is 4.15. The molecule has 2 aromatic carbocycles. The molecule has 0 spiro atoms. The van der Waals surface area contributed by atoms with Gasteiger partial charge in [0.05, 0.1) is 0 Å². The van der Waals surface area contributed by atoms with E-state index in [9.17, 15) is 0 Å². The first-order valence-electron chi connectivity index (χ1n) is 11.5. The van der Waals surface area contributed by atoms with E-state index < -0.39 is 0 Å². The van der Waals surface area contributed by atoms with Crippen molar-refractivity contribution in [1.82, 2.24) is 0 Å². The smallest absolute Gasteiger partial charge is 0.0249 e. The third-order valence-electron chi connectivity index (χ3n) is 6.18. The summed E-state index contributed by atoms with van der Waals surface area (Å²) in [5.74, 6) is 14.8.